The molecule has 4 N–H and O–H groups in total. The molecule has 0 aliphatic rings. The van der Waals surface area contributed by atoms with Crippen molar-refractivity contribution in [2.24, 2.45) is 0 Å². The summed E-state index contributed by atoms with van der Waals surface area (Å²) in [7, 11) is 1.56. The summed E-state index contributed by atoms with van der Waals surface area (Å²) in [5.41, 5.74) is 0.640. The van der Waals surface area contributed by atoms with Crippen molar-refractivity contribution in [3.63, 3.8) is 0 Å². The van der Waals surface area contributed by atoms with E-state index in [-0.39, 0.29) is 30.0 Å². The Labute approximate surface area is 94.1 Å². The molecule has 0 radical (unpaired) electrons. The van der Waals surface area contributed by atoms with Crippen molar-refractivity contribution in [2.45, 2.75) is 13.0 Å². The Morgan fingerprint density at radius 3 is 2.69 bits per heavy atom. The zero-order chi connectivity index (χ0) is 12.1. The van der Waals surface area contributed by atoms with Crippen LogP contribution in [0.3, 0.4) is 0 Å². The molecule has 1 atom stereocenters. The summed E-state index contributed by atoms with van der Waals surface area (Å²) in [5.74, 6) is -0.0956. The Balaban J connectivity index is 2.65. The number of hydrogen-bond donors (Lipinski definition) is 4. The summed E-state index contributed by atoms with van der Waals surface area (Å²) >= 11 is 0. The lowest BCUT2D eigenvalue weighted by atomic mass is 10.1. The van der Waals surface area contributed by atoms with Crippen molar-refractivity contribution in [1.29, 1.82) is 0 Å². The molecule has 0 spiro atoms. The fraction of sp³-hybridized carbons (Fsp3) is 0.364. The van der Waals surface area contributed by atoms with E-state index in [1.54, 1.807) is 13.1 Å². The van der Waals surface area contributed by atoms with Gasteiger partial charge in [0, 0.05) is 24.7 Å². The maximum Gasteiger partial charge on any atom is 0.233 e. The van der Waals surface area contributed by atoms with Gasteiger partial charge in [-0.25, -0.2) is 0 Å². The molecule has 5 heteroatoms. The van der Waals surface area contributed by atoms with Gasteiger partial charge in [-0.2, -0.15) is 0 Å². The molecule has 1 amide bonds. The first kappa shape index (κ1) is 12.3. The van der Waals surface area contributed by atoms with E-state index in [9.17, 15) is 9.90 Å². The number of aromatic hydroxyl groups is 2. The average Bonchev–Trinajstić information content (AvgIpc) is 2.25. The lowest BCUT2D eigenvalue weighted by Gasteiger charge is -2.15. The van der Waals surface area contributed by atoms with Gasteiger partial charge in [0.2, 0.25) is 5.91 Å². The maximum atomic E-state index is 11.0. The Morgan fingerprint density at radius 2 is 2.12 bits per heavy atom. The molecule has 16 heavy (non-hydrogen) atoms. The molecule has 5 nitrogen and oxygen atoms in total. The van der Waals surface area contributed by atoms with Gasteiger partial charge in [0.05, 0.1) is 6.54 Å². The van der Waals surface area contributed by atoms with E-state index in [0.29, 0.717) is 5.56 Å². The van der Waals surface area contributed by atoms with Crippen LogP contribution in [0, 0.1) is 0 Å². The first-order chi connectivity index (χ1) is 7.54. The summed E-state index contributed by atoms with van der Waals surface area (Å²) in [6.07, 6.45) is 0. The normalized spacial score (nSPS) is 12.1. The molecule has 1 aromatic carbocycles. The molecule has 0 saturated carbocycles. The Morgan fingerprint density at radius 1 is 1.44 bits per heavy atom. The molecule has 0 aromatic heterocycles. The Bertz CT molecular complexity index is 379. The predicted molar refractivity (Wildman–Crippen MR) is 60.3 cm³/mol. The van der Waals surface area contributed by atoms with Crippen molar-refractivity contribution in [1.82, 2.24) is 10.6 Å². The molecule has 1 aromatic rings. The third-order valence-corrected chi connectivity index (χ3v) is 2.33. The van der Waals surface area contributed by atoms with Crippen LogP contribution >= 0.6 is 0 Å². The summed E-state index contributed by atoms with van der Waals surface area (Å²) < 4.78 is 0. The van der Waals surface area contributed by atoms with Gasteiger partial charge in [0.1, 0.15) is 11.5 Å². The van der Waals surface area contributed by atoms with Crippen molar-refractivity contribution in [2.75, 3.05) is 13.6 Å². The summed E-state index contributed by atoms with van der Waals surface area (Å²) in [5, 5.41) is 24.2. The van der Waals surface area contributed by atoms with Gasteiger partial charge in [-0.3, -0.25) is 4.79 Å². The minimum Gasteiger partial charge on any atom is -0.508 e. The highest BCUT2D eigenvalue weighted by Gasteiger charge is 2.11. The smallest absolute Gasteiger partial charge is 0.233 e. The fourth-order valence-corrected chi connectivity index (χ4v) is 1.34. The minimum absolute atomic E-state index is 0.0110. The van der Waals surface area contributed by atoms with Gasteiger partial charge < -0.3 is 20.8 Å². The molecule has 88 valence electrons. The van der Waals surface area contributed by atoms with Gasteiger partial charge in [0.25, 0.3) is 0 Å². The number of carbonyl (C=O) groups is 1. The standard InChI is InChI=1S/C11H16N2O3/c1-7(13-6-11(16)12-2)9-4-3-8(14)5-10(9)15/h3-5,7,13-15H,6H2,1-2H3,(H,12,16). The number of nitrogens with one attached hydrogen (secondary N) is 2. The largest absolute Gasteiger partial charge is 0.508 e. The van der Waals surface area contributed by atoms with Crippen LogP contribution in [0.1, 0.15) is 18.5 Å². The molecule has 0 aliphatic carbocycles. The number of phenolic OH excluding ortho intramolecular Hbond substituents is 2. The third kappa shape index (κ3) is 3.13. The summed E-state index contributed by atoms with van der Waals surface area (Å²) in [6.45, 7) is 2.01. The SMILES string of the molecule is CNC(=O)CNC(C)c1ccc(O)cc1O. The van der Waals surface area contributed by atoms with Crippen LogP contribution in [-0.2, 0) is 4.79 Å². The molecule has 0 heterocycles. The van der Waals surface area contributed by atoms with Crippen LogP contribution in [0.25, 0.3) is 0 Å². The second-order valence-electron chi connectivity index (χ2n) is 3.52. The van der Waals surface area contributed by atoms with Gasteiger partial charge in [-0.1, -0.05) is 6.07 Å². The number of amides is 1. The van der Waals surface area contributed by atoms with Crippen LogP contribution in [-0.4, -0.2) is 29.7 Å². The van der Waals surface area contributed by atoms with Crippen molar-refractivity contribution in [3.8, 4) is 11.5 Å². The molecule has 0 fully saturated rings. The highest BCUT2D eigenvalue weighted by molar-refractivity contribution is 5.77. The number of hydrogen-bond acceptors (Lipinski definition) is 4. The topological polar surface area (TPSA) is 81.6 Å². The van der Waals surface area contributed by atoms with Crippen molar-refractivity contribution >= 4 is 5.91 Å². The summed E-state index contributed by atoms with van der Waals surface area (Å²) in [4.78, 5) is 11.0. The van der Waals surface area contributed by atoms with E-state index in [0.717, 1.165) is 0 Å². The van der Waals surface area contributed by atoms with Crippen molar-refractivity contribution < 1.29 is 15.0 Å². The number of likely N-dealkylation sites (N-methyl/N-ethyl adjacent to an activating group) is 1. The quantitative estimate of drug-likeness (QED) is 0.600. The number of rotatable bonds is 4. The highest BCUT2D eigenvalue weighted by atomic mass is 16.3. The summed E-state index contributed by atoms with van der Waals surface area (Å²) in [6, 6.07) is 4.21. The lowest BCUT2D eigenvalue weighted by molar-refractivity contribution is -0.119. The molecule has 0 saturated heterocycles. The highest BCUT2D eigenvalue weighted by Crippen LogP contribution is 2.27. The molecular formula is C11H16N2O3. The van der Waals surface area contributed by atoms with Gasteiger partial charge in [-0.05, 0) is 13.0 Å². The van der Waals surface area contributed by atoms with Gasteiger partial charge in [0.15, 0.2) is 0 Å². The van der Waals surface area contributed by atoms with E-state index in [4.69, 9.17) is 5.11 Å². The van der Waals surface area contributed by atoms with Crippen LogP contribution in [0.4, 0.5) is 0 Å². The molecule has 1 rings (SSSR count). The lowest BCUT2D eigenvalue weighted by Crippen LogP contribution is -2.32. The first-order valence-electron chi connectivity index (χ1n) is 5.00. The third-order valence-electron chi connectivity index (χ3n) is 2.33. The zero-order valence-electron chi connectivity index (χ0n) is 9.32. The minimum atomic E-state index is -0.169. The zero-order valence-corrected chi connectivity index (χ0v) is 9.32. The molecule has 0 aliphatic heterocycles. The van der Waals surface area contributed by atoms with E-state index >= 15 is 0 Å². The van der Waals surface area contributed by atoms with Crippen LogP contribution in [0.2, 0.25) is 0 Å². The number of phenols is 2. The average molecular weight is 224 g/mol. The second kappa shape index (κ2) is 5.37. The van der Waals surface area contributed by atoms with E-state index in [1.165, 1.54) is 12.1 Å². The first-order valence-corrected chi connectivity index (χ1v) is 5.00. The van der Waals surface area contributed by atoms with Crippen LogP contribution in [0.15, 0.2) is 18.2 Å². The van der Waals surface area contributed by atoms with E-state index in [1.807, 2.05) is 6.92 Å². The second-order valence-corrected chi connectivity index (χ2v) is 3.52. The van der Waals surface area contributed by atoms with E-state index in [2.05, 4.69) is 10.6 Å². The van der Waals surface area contributed by atoms with Gasteiger partial charge >= 0.3 is 0 Å². The Hall–Kier alpha value is -1.75. The number of carbonyl (C=O) groups excluding carboxylic acids is 1. The Kier molecular flexibility index (Phi) is 4.13. The van der Waals surface area contributed by atoms with Crippen molar-refractivity contribution in [3.05, 3.63) is 23.8 Å². The molecule has 0 bridgehead atoms. The van der Waals surface area contributed by atoms with E-state index < -0.39 is 0 Å². The fourth-order valence-electron chi connectivity index (χ4n) is 1.34. The van der Waals surface area contributed by atoms with Gasteiger partial charge in [-0.15, -0.1) is 0 Å². The molecular weight excluding hydrogens is 208 g/mol. The molecule has 1 unspecified atom stereocenters. The van der Waals surface area contributed by atoms with Crippen LogP contribution in [0.5, 0.6) is 11.5 Å². The number of benzene rings is 1. The predicted octanol–water partition coefficient (Wildman–Crippen LogP) is 0.494. The van der Waals surface area contributed by atoms with Crippen LogP contribution < -0.4 is 10.6 Å². The monoisotopic (exact) mass is 224 g/mol. The maximum absolute atomic E-state index is 11.0.